The molecule has 0 radical (unpaired) electrons. The highest BCUT2D eigenvalue weighted by molar-refractivity contribution is 5.70. The lowest BCUT2D eigenvalue weighted by Gasteiger charge is -2.25. The molecule has 1 N–H and O–H groups in total. The molecular weight excluding hydrogens is 220 g/mol. The highest BCUT2D eigenvalue weighted by atomic mass is 16.5. The highest BCUT2D eigenvalue weighted by Crippen LogP contribution is 2.31. The molecule has 0 aliphatic carbocycles. The predicted molar refractivity (Wildman–Crippen MR) is 62.1 cm³/mol. The lowest BCUT2D eigenvalue weighted by atomic mass is 10.0. The van der Waals surface area contributed by atoms with Gasteiger partial charge >= 0.3 is 5.97 Å². The lowest BCUT2D eigenvalue weighted by Crippen LogP contribution is -2.26. The first-order valence-corrected chi connectivity index (χ1v) is 5.83. The van der Waals surface area contributed by atoms with Crippen molar-refractivity contribution in [3.8, 4) is 11.5 Å². The van der Waals surface area contributed by atoms with E-state index in [0.717, 1.165) is 24.2 Å². The Morgan fingerprint density at radius 1 is 1.59 bits per heavy atom. The van der Waals surface area contributed by atoms with Crippen LogP contribution in [0.3, 0.4) is 0 Å². The minimum atomic E-state index is -0.222. The number of fused-ring (bicyclic) bond motifs is 1. The molecule has 2 rings (SSSR count). The molecule has 1 aromatic rings. The van der Waals surface area contributed by atoms with Crippen molar-refractivity contribution < 1.29 is 19.4 Å². The fourth-order valence-corrected chi connectivity index (χ4v) is 1.98. The summed E-state index contributed by atoms with van der Waals surface area (Å²) in [6.07, 6.45) is 1.75. The second-order valence-corrected chi connectivity index (χ2v) is 4.08. The van der Waals surface area contributed by atoms with E-state index in [1.54, 1.807) is 25.1 Å². The van der Waals surface area contributed by atoms with Gasteiger partial charge < -0.3 is 14.6 Å². The molecule has 17 heavy (non-hydrogen) atoms. The van der Waals surface area contributed by atoms with Crippen LogP contribution in [0.2, 0.25) is 0 Å². The first kappa shape index (κ1) is 11.8. The van der Waals surface area contributed by atoms with Gasteiger partial charge in [0, 0.05) is 0 Å². The third-order valence-electron chi connectivity index (χ3n) is 2.77. The molecule has 4 heteroatoms. The average Bonchev–Trinajstić information content (AvgIpc) is 2.29. The van der Waals surface area contributed by atoms with Gasteiger partial charge in [0.25, 0.3) is 0 Å². The van der Waals surface area contributed by atoms with E-state index in [1.165, 1.54) is 0 Å². The van der Waals surface area contributed by atoms with Crippen LogP contribution in [-0.4, -0.2) is 23.8 Å². The zero-order valence-electron chi connectivity index (χ0n) is 9.81. The van der Waals surface area contributed by atoms with Crippen LogP contribution in [-0.2, 0) is 16.0 Å². The molecule has 0 aromatic heterocycles. The number of carbonyl (C=O) groups excluding carboxylic acids is 1. The Hall–Kier alpha value is -1.71. The third-order valence-corrected chi connectivity index (χ3v) is 2.77. The number of ether oxygens (including phenoxy) is 2. The van der Waals surface area contributed by atoms with Crippen molar-refractivity contribution in [1.82, 2.24) is 0 Å². The van der Waals surface area contributed by atoms with Gasteiger partial charge in [-0.05, 0) is 43.5 Å². The Morgan fingerprint density at radius 2 is 2.41 bits per heavy atom. The average molecular weight is 236 g/mol. The van der Waals surface area contributed by atoms with Crippen LogP contribution in [0.5, 0.6) is 11.5 Å². The topological polar surface area (TPSA) is 55.8 Å². The summed E-state index contributed by atoms with van der Waals surface area (Å²) >= 11 is 0. The molecular formula is C13H16O4. The maximum Gasteiger partial charge on any atom is 0.309 e. The predicted octanol–water partition coefficient (Wildman–Crippen LogP) is 2.04. The molecule has 0 saturated carbocycles. The van der Waals surface area contributed by atoms with Crippen LogP contribution >= 0.6 is 0 Å². The minimum Gasteiger partial charge on any atom is -0.508 e. The third kappa shape index (κ3) is 2.90. The molecule has 0 unspecified atom stereocenters. The lowest BCUT2D eigenvalue weighted by molar-refractivity contribution is -0.145. The number of carbonyl (C=O) groups is 1. The first-order valence-electron chi connectivity index (χ1n) is 5.83. The summed E-state index contributed by atoms with van der Waals surface area (Å²) in [5.74, 6) is 0.777. The number of phenols is 1. The molecule has 0 amide bonds. The summed E-state index contributed by atoms with van der Waals surface area (Å²) in [5.41, 5.74) is 0.991. The van der Waals surface area contributed by atoms with Crippen molar-refractivity contribution in [1.29, 1.82) is 0 Å². The second-order valence-electron chi connectivity index (χ2n) is 4.08. The molecule has 0 spiro atoms. The van der Waals surface area contributed by atoms with Crippen LogP contribution in [0.15, 0.2) is 18.2 Å². The van der Waals surface area contributed by atoms with Crippen molar-refractivity contribution in [2.24, 2.45) is 0 Å². The molecule has 1 atom stereocenters. The number of aryl methyl sites for hydroxylation is 1. The number of hydrogen-bond donors (Lipinski definition) is 1. The van der Waals surface area contributed by atoms with Gasteiger partial charge in [0.2, 0.25) is 0 Å². The Bertz CT molecular complexity index is 414. The summed E-state index contributed by atoms with van der Waals surface area (Å²) in [4.78, 5) is 11.3. The number of rotatable bonds is 3. The van der Waals surface area contributed by atoms with Crippen LogP contribution < -0.4 is 4.74 Å². The van der Waals surface area contributed by atoms with E-state index in [1.807, 2.05) is 0 Å². The molecule has 1 heterocycles. The summed E-state index contributed by atoms with van der Waals surface area (Å²) in [5, 5.41) is 9.34. The van der Waals surface area contributed by atoms with Gasteiger partial charge in [0.15, 0.2) is 0 Å². The summed E-state index contributed by atoms with van der Waals surface area (Å²) < 4.78 is 10.6. The van der Waals surface area contributed by atoms with E-state index in [0.29, 0.717) is 6.61 Å². The van der Waals surface area contributed by atoms with E-state index < -0.39 is 0 Å². The summed E-state index contributed by atoms with van der Waals surface area (Å²) in [7, 11) is 0. The van der Waals surface area contributed by atoms with Crippen LogP contribution in [0, 0.1) is 0 Å². The normalized spacial score (nSPS) is 18.1. The fourth-order valence-electron chi connectivity index (χ4n) is 1.98. The summed E-state index contributed by atoms with van der Waals surface area (Å²) in [6, 6.07) is 5.03. The van der Waals surface area contributed by atoms with Crippen LogP contribution in [0.1, 0.15) is 25.3 Å². The zero-order valence-corrected chi connectivity index (χ0v) is 9.81. The van der Waals surface area contributed by atoms with Crippen LogP contribution in [0.25, 0.3) is 0 Å². The van der Waals surface area contributed by atoms with Crippen molar-refractivity contribution in [2.45, 2.75) is 32.3 Å². The highest BCUT2D eigenvalue weighted by Gasteiger charge is 2.22. The number of hydrogen-bond acceptors (Lipinski definition) is 4. The Kier molecular flexibility index (Phi) is 3.52. The Balaban J connectivity index is 1.99. The fraction of sp³-hybridized carbons (Fsp3) is 0.462. The smallest absolute Gasteiger partial charge is 0.309 e. The van der Waals surface area contributed by atoms with Gasteiger partial charge in [-0.15, -0.1) is 0 Å². The maximum atomic E-state index is 11.3. The van der Waals surface area contributed by atoms with Crippen molar-refractivity contribution in [3.05, 3.63) is 23.8 Å². The largest absolute Gasteiger partial charge is 0.508 e. The van der Waals surface area contributed by atoms with Crippen LogP contribution in [0.4, 0.5) is 0 Å². The maximum absolute atomic E-state index is 11.3. The van der Waals surface area contributed by atoms with E-state index in [4.69, 9.17) is 9.47 Å². The Morgan fingerprint density at radius 3 is 3.18 bits per heavy atom. The molecule has 92 valence electrons. The SMILES string of the molecule is CCOC(=O)C[C@H]1CCc2cc(O)ccc2O1. The van der Waals surface area contributed by atoms with Gasteiger partial charge in [-0.25, -0.2) is 0 Å². The van der Waals surface area contributed by atoms with Crippen molar-refractivity contribution >= 4 is 5.97 Å². The van der Waals surface area contributed by atoms with Gasteiger partial charge in [-0.2, -0.15) is 0 Å². The standard InChI is InChI=1S/C13H16O4/c1-2-16-13(15)8-11-5-3-9-7-10(14)4-6-12(9)17-11/h4,6-7,11,14H,2-3,5,8H2,1H3/t11-/m1/s1. The number of phenolic OH excluding ortho intramolecular Hbond substituents is 1. The van der Waals surface area contributed by atoms with Gasteiger partial charge in [0.1, 0.15) is 17.6 Å². The molecule has 1 aromatic carbocycles. The molecule has 0 bridgehead atoms. The Labute approximate surface area is 100 Å². The first-order chi connectivity index (χ1) is 8.19. The molecule has 4 nitrogen and oxygen atoms in total. The van der Waals surface area contributed by atoms with Gasteiger partial charge in [-0.3, -0.25) is 4.79 Å². The molecule has 0 saturated heterocycles. The number of benzene rings is 1. The molecule has 1 aliphatic heterocycles. The minimum absolute atomic E-state index is 0.119. The van der Waals surface area contributed by atoms with Crippen molar-refractivity contribution in [3.63, 3.8) is 0 Å². The zero-order chi connectivity index (χ0) is 12.3. The van der Waals surface area contributed by atoms with Crippen molar-refractivity contribution in [2.75, 3.05) is 6.61 Å². The van der Waals surface area contributed by atoms with E-state index >= 15 is 0 Å². The quantitative estimate of drug-likeness (QED) is 0.816. The van der Waals surface area contributed by atoms with E-state index in [2.05, 4.69) is 0 Å². The molecule has 0 fully saturated rings. The van der Waals surface area contributed by atoms with Gasteiger partial charge in [-0.1, -0.05) is 0 Å². The van der Waals surface area contributed by atoms with E-state index in [-0.39, 0.29) is 24.2 Å². The number of esters is 1. The molecule has 1 aliphatic rings. The summed E-state index contributed by atoms with van der Waals surface area (Å²) in [6.45, 7) is 2.19. The van der Waals surface area contributed by atoms with E-state index in [9.17, 15) is 9.90 Å². The van der Waals surface area contributed by atoms with Gasteiger partial charge in [0.05, 0.1) is 13.0 Å². The second kappa shape index (κ2) is 5.08. The number of aromatic hydroxyl groups is 1. The monoisotopic (exact) mass is 236 g/mol.